The van der Waals surface area contributed by atoms with Gasteiger partial charge in [0, 0.05) is 13.1 Å². The van der Waals surface area contributed by atoms with Crippen molar-refractivity contribution in [2.75, 3.05) is 27.2 Å². The van der Waals surface area contributed by atoms with Crippen molar-refractivity contribution in [2.24, 2.45) is 11.8 Å². The zero-order chi connectivity index (χ0) is 15.7. The summed E-state index contributed by atoms with van der Waals surface area (Å²) in [6.45, 7) is 1.72. The number of carbonyl (C=O) groups is 2. The molecule has 118 valence electrons. The topological polar surface area (TPSA) is 40.6 Å². The van der Waals surface area contributed by atoms with E-state index >= 15 is 0 Å². The van der Waals surface area contributed by atoms with Gasteiger partial charge in [-0.2, -0.15) is 0 Å². The maximum Gasteiger partial charge on any atom is 0.261 e. The van der Waals surface area contributed by atoms with Gasteiger partial charge in [-0.15, -0.1) is 0 Å². The molecule has 0 unspecified atom stereocenters. The van der Waals surface area contributed by atoms with Crippen LogP contribution in [0.4, 0.5) is 0 Å². The van der Waals surface area contributed by atoms with Crippen molar-refractivity contribution in [2.45, 2.75) is 25.7 Å². The summed E-state index contributed by atoms with van der Waals surface area (Å²) in [4.78, 5) is 28.5. The predicted molar refractivity (Wildman–Crippen MR) is 85.8 cm³/mol. The van der Waals surface area contributed by atoms with E-state index < -0.39 is 0 Å². The van der Waals surface area contributed by atoms with Crippen LogP contribution in [0.1, 0.15) is 46.4 Å². The highest BCUT2D eigenvalue weighted by Gasteiger charge is 2.36. The summed E-state index contributed by atoms with van der Waals surface area (Å²) < 4.78 is 0. The first-order valence-electron chi connectivity index (χ1n) is 8.16. The van der Waals surface area contributed by atoms with Crippen LogP contribution >= 0.6 is 0 Å². The lowest BCUT2D eigenvalue weighted by Crippen LogP contribution is -2.36. The molecule has 4 heteroatoms. The molecule has 0 saturated heterocycles. The standard InChI is InChI=1S/C18H24N2O2/c1-19(2)11-13-7-9-14(10-8-13)12-20-17(21)15-5-3-4-6-16(15)18(20)22/h3-6,13-14H,7-12H2,1-2H3. The van der Waals surface area contributed by atoms with Crippen LogP contribution in [0.2, 0.25) is 0 Å². The van der Waals surface area contributed by atoms with E-state index in [1.807, 2.05) is 12.1 Å². The molecule has 2 aliphatic rings. The molecular weight excluding hydrogens is 276 g/mol. The van der Waals surface area contributed by atoms with Gasteiger partial charge in [-0.25, -0.2) is 0 Å². The summed E-state index contributed by atoms with van der Waals surface area (Å²) in [5.74, 6) is 0.987. The maximum atomic E-state index is 12.4. The maximum absolute atomic E-state index is 12.4. The van der Waals surface area contributed by atoms with E-state index in [1.165, 1.54) is 17.7 Å². The largest absolute Gasteiger partial charge is 0.309 e. The van der Waals surface area contributed by atoms with Crippen LogP contribution in [0, 0.1) is 11.8 Å². The summed E-state index contributed by atoms with van der Waals surface area (Å²) >= 11 is 0. The molecule has 1 heterocycles. The molecule has 0 radical (unpaired) electrons. The van der Waals surface area contributed by atoms with Crippen molar-refractivity contribution in [1.82, 2.24) is 9.80 Å². The normalized spacial score (nSPS) is 25.0. The van der Waals surface area contributed by atoms with E-state index in [0.717, 1.165) is 25.3 Å². The van der Waals surface area contributed by atoms with Crippen LogP contribution in [-0.4, -0.2) is 48.8 Å². The third-order valence-corrected chi connectivity index (χ3v) is 4.91. The lowest BCUT2D eigenvalue weighted by Gasteiger charge is -2.31. The Morgan fingerprint density at radius 1 is 0.955 bits per heavy atom. The minimum atomic E-state index is -0.115. The number of imide groups is 1. The van der Waals surface area contributed by atoms with Crippen LogP contribution in [-0.2, 0) is 0 Å². The fraction of sp³-hybridized carbons (Fsp3) is 0.556. The molecule has 0 N–H and O–H groups in total. The highest BCUT2D eigenvalue weighted by atomic mass is 16.2. The Morgan fingerprint density at radius 2 is 1.45 bits per heavy atom. The molecule has 1 aromatic carbocycles. The molecule has 1 fully saturated rings. The monoisotopic (exact) mass is 300 g/mol. The van der Waals surface area contributed by atoms with Gasteiger partial charge < -0.3 is 4.90 Å². The molecule has 0 spiro atoms. The van der Waals surface area contributed by atoms with E-state index in [2.05, 4.69) is 19.0 Å². The molecule has 3 rings (SSSR count). The van der Waals surface area contributed by atoms with Gasteiger partial charge >= 0.3 is 0 Å². The van der Waals surface area contributed by atoms with Gasteiger partial charge in [0.15, 0.2) is 0 Å². The summed E-state index contributed by atoms with van der Waals surface area (Å²) in [6.07, 6.45) is 4.63. The van der Waals surface area contributed by atoms with Crippen LogP contribution in [0.15, 0.2) is 24.3 Å². The molecule has 22 heavy (non-hydrogen) atoms. The molecule has 1 aliphatic heterocycles. The summed E-state index contributed by atoms with van der Waals surface area (Å²) in [5.41, 5.74) is 1.13. The molecule has 0 aromatic heterocycles. The fourth-order valence-electron chi connectivity index (χ4n) is 3.78. The van der Waals surface area contributed by atoms with Crippen molar-refractivity contribution in [3.63, 3.8) is 0 Å². The first-order chi connectivity index (χ1) is 10.6. The van der Waals surface area contributed by atoms with E-state index in [-0.39, 0.29) is 11.8 Å². The van der Waals surface area contributed by atoms with Gasteiger partial charge in [0.05, 0.1) is 11.1 Å². The third-order valence-electron chi connectivity index (χ3n) is 4.91. The summed E-state index contributed by atoms with van der Waals surface area (Å²) in [7, 11) is 4.23. The first kappa shape index (κ1) is 15.2. The quantitative estimate of drug-likeness (QED) is 0.803. The fourth-order valence-corrected chi connectivity index (χ4v) is 3.78. The van der Waals surface area contributed by atoms with Gasteiger partial charge in [0.2, 0.25) is 0 Å². The Labute approximate surface area is 132 Å². The van der Waals surface area contributed by atoms with Gasteiger partial charge in [-0.3, -0.25) is 14.5 Å². The number of rotatable bonds is 4. The van der Waals surface area contributed by atoms with Gasteiger partial charge in [0.25, 0.3) is 11.8 Å². The summed E-state index contributed by atoms with van der Waals surface area (Å²) in [6, 6.07) is 7.15. The zero-order valence-electron chi connectivity index (χ0n) is 13.4. The second kappa shape index (κ2) is 6.21. The Morgan fingerprint density at radius 3 is 1.95 bits per heavy atom. The van der Waals surface area contributed by atoms with E-state index in [9.17, 15) is 9.59 Å². The third kappa shape index (κ3) is 2.93. The highest BCUT2D eigenvalue weighted by molar-refractivity contribution is 6.21. The minimum absolute atomic E-state index is 0.115. The number of benzene rings is 1. The average Bonchev–Trinajstić information content (AvgIpc) is 2.74. The SMILES string of the molecule is CN(C)CC1CCC(CN2C(=O)c3ccccc3C2=O)CC1. The number of hydrogen-bond donors (Lipinski definition) is 0. The van der Waals surface area contributed by atoms with Crippen LogP contribution in [0.25, 0.3) is 0 Å². The second-order valence-electron chi connectivity index (χ2n) is 6.92. The molecule has 0 bridgehead atoms. The molecule has 4 nitrogen and oxygen atoms in total. The highest BCUT2D eigenvalue weighted by Crippen LogP contribution is 2.32. The Hall–Kier alpha value is -1.68. The second-order valence-corrected chi connectivity index (χ2v) is 6.92. The van der Waals surface area contributed by atoms with Crippen LogP contribution in [0.3, 0.4) is 0 Å². The molecule has 2 amide bonds. The lowest BCUT2D eigenvalue weighted by molar-refractivity contribution is 0.0608. The van der Waals surface area contributed by atoms with Crippen LogP contribution < -0.4 is 0 Å². The van der Waals surface area contributed by atoms with E-state index in [1.54, 1.807) is 12.1 Å². The predicted octanol–water partition coefficient (Wildman–Crippen LogP) is 2.65. The zero-order valence-corrected chi connectivity index (χ0v) is 13.4. The van der Waals surface area contributed by atoms with E-state index in [0.29, 0.717) is 23.6 Å². The minimum Gasteiger partial charge on any atom is -0.309 e. The molecular formula is C18H24N2O2. The Balaban J connectivity index is 1.59. The number of nitrogens with zero attached hydrogens (tertiary/aromatic N) is 2. The number of hydrogen-bond acceptors (Lipinski definition) is 3. The lowest BCUT2D eigenvalue weighted by atomic mass is 9.81. The smallest absolute Gasteiger partial charge is 0.261 e. The molecule has 1 aromatic rings. The molecule has 1 aliphatic carbocycles. The Kier molecular flexibility index (Phi) is 4.30. The first-order valence-corrected chi connectivity index (χ1v) is 8.16. The van der Waals surface area contributed by atoms with Crippen LogP contribution in [0.5, 0.6) is 0 Å². The number of carbonyl (C=O) groups excluding carboxylic acids is 2. The summed E-state index contributed by atoms with van der Waals surface area (Å²) in [5, 5.41) is 0. The molecule has 0 atom stereocenters. The average molecular weight is 300 g/mol. The number of fused-ring (bicyclic) bond motifs is 1. The van der Waals surface area contributed by atoms with Crippen molar-refractivity contribution in [3.8, 4) is 0 Å². The van der Waals surface area contributed by atoms with E-state index in [4.69, 9.17) is 0 Å². The van der Waals surface area contributed by atoms with Crippen molar-refractivity contribution >= 4 is 11.8 Å². The molecule has 1 saturated carbocycles. The Bertz CT molecular complexity index is 539. The van der Waals surface area contributed by atoms with Crippen molar-refractivity contribution < 1.29 is 9.59 Å². The number of amides is 2. The van der Waals surface area contributed by atoms with Gasteiger partial charge in [-0.05, 0) is 63.7 Å². The van der Waals surface area contributed by atoms with Gasteiger partial charge in [-0.1, -0.05) is 12.1 Å². The van der Waals surface area contributed by atoms with Gasteiger partial charge in [0.1, 0.15) is 0 Å². The van der Waals surface area contributed by atoms with Crippen molar-refractivity contribution in [3.05, 3.63) is 35.4 Å². The van der Waals surface area contributed by atoms with Crippen molar-refractivity contribution in [1.29, 1.82) is 0 Å².